The second-order valence-electron chi connectivity index (χ2n) is 1.66. The summed E-state index contributed by atoms with van der Waals surface area (Å²) in [5.74, 6) is 0. The molecule has 0 aromatic heterocycles. The molecule has 0 radical (unpaired) electrons. The molecule has 9 heavy (non-hydrogen) atoms. The second kappa shape index (κ2) is 4.14. The molecule has 0 aliphatic carbocycles. The number of ether oxygens (including phenoxy) is 1. The van der Waals surface area contributed by atoms with Crippen LogP contribution < -0.4 is 5.73 Å². The molecule has 0 atom stereocenters. The lowest BCUT2D eigenvalue weighted by Gasteiger charge is -2.12. The summed E-state index contributed by atoms with van der Waals surface area (Å²) >= 11 is 0. The van der Waals surface area contributed by atoms with E-state index in [1.807, 2.05) is 6.92 Å². The number of carbonyl (C=O) groups is 1. The summed E-state index contributed by atoms with van der Waals surface area (Å²) in [6.07, 6.45) is 0. The molecule has 2 amide bonds. The monoisotopic (exact) mass is 132 g/mol. The van der Waals surface area contributed by atoms with Gasteiger partial charge in [0.25, 0.3) is 0 Å². The van der Waals surface area contributed by atoms with E-state index < -0.39 is 6.03 Å². The Morgan fingerprint density at radius 2 is 2.33 bits per heavy atom. The van der Waals surface area contributed by atoms with Crippen molar-refractivity contribution in [3.63, 3.8) is 0 Å². The van der Waals surface area contributed by atoms with Crippen LogP contribution in [0.3, 0.4) is 0 Å². The van der Waals surface area contributed by atoms with Crippen molar-refractivity contribution < 1.29 is 9.53 Å². The summed E-state index contributed by atoms with van der Waals surface area (Å²) in [6.45, 7) is 2.72. The van der Waals surface area contributed by atoms with Crippen molar-refractivity contribution >= 4 is 6.03 Å². The predicted octanol–water partition coefficient (Wildman–Crippen LogP) is -0.00910. The number of rotatable bonds is 3. The highest BCUT2D eigenvalue weighted by atomic mass is 16.5. The first-order chi connectivity index (χ1) is 4.18. The Hall–Kier alpha value is -0.770. The summed E-state index contributed by atoms with van der Waals surface area (Å²) < 4.78 is 4.88. The molecule has 0 fully saturated rings. The number of carbonyl (C=O) groups excluding carboxylic acids is 1. The van der Waals surface area contributed by atoms with Crippen LogP contribution in [0.4, 0.5) is 4.79 Å². The fourth-order valence-corrected chi connectivity index (χ4v) is 0.292. The molecule has 0 bridgehead atoms. The Morgan fingerprint density at radius 1 is 1.78 bits per heavy atom. The van der Waals surface area contributed by atoms with E-state index in [4.69, 9.17) is 10.5 Å². The summed E-state index contributed by atoms with van der Waals surface area (Å²) in [4.78, 5) is 11.6. The van der Waals surface area contributed by atoms with Crippen molar-refractivity contribution in [1.29, 1.82) is 0 Å². The maximum atomic E-state index is 10.3. The van der Waals surface area contributed by atoms with E-state index in [9.17, 15) is 4.79 Å². The van der Waals surface area contributed by atoms with E-state index in [1.165, 1.54) is 4.90 Å². The van der Waals surface area contributed by atoms with Gasteiger partial charge in [-0.1, -0.05) is 0 Å². The van der Waals surface area contributed by atoms with Crippen molar-refractivity contribution in [2.24, 2.45) is 5.73 Å². The third-order valence-corrected chi connectivity index (χ3v) is 0.865. The van der Waals surface area contributed by atoms with E-state index in [2.05, 4.69) is 0 Å². The van der Waals surface area contributed by atoms with Crippen molar-refractivity contribution in [3.8, 4) is 0 Å². The van der Waals surface area contributed by atoms with Crippen LogP contribution in [0.15, 0.2) is 0 Å². The average Bonchev–Trinajstić information content (AvgIpc) is 1.82. The van der Waals surface area contributed by atoms with Crippen LogP contribution in [-0.2, 0) is 4.74 Å². The molecule has 0 aromatic carbocycles. The fraction of sp³-hybridized carbons (Fsp3) is 0.800. The lowest BCUT2D eigenvalue weighted by Crippen LogP contribution is -2.33. The maximum Gasteiger partial charge on any atom is 0.316 e. The van der Waals surface area contributed by atoms with Gasteiger partial charge < -0.3 is 15.4 Å². The Morgan fingerprint density at radius 3 is 2.67 bits per heavy atom. The number of nitrogens with two attached hydrogens (primary N) is 1. The predicted molar refractivity (Wildman–Crippen MR) is 33.8 cm³/mol. The third kappa shape index (κ3) is 3.78. The first-order valence-corrected chi connectivity index (χ1v) is 2.76. The van der Waals surface area contributed by atoms with Gasteiger partial charge in [-0.15, -0.1) is 0 Å². The van der Waals surface area contributed by atoms with Crippen LogP contribution >= 0.6 is 0 Å². The third-order valence-electron chi connectivity index (χ3n) is 0.865. The SMILES string of the molecule is CCOCN(C)C(N)=O. The van der Waals surface area contributed by atoms with Crippen molar-refractivity contribution in [3.05, 3.63) is 0 Å². The Balaban J connectivity index is 3.27. The van der Waals surface area contributed by atoms with Crippen LogP contribution in [-0.4, -0.2) is 31.3 Å². The molecule has 0 rings (SSSR count). The fourth-order valence-electron chi connectivity index (χ4n) is 0.292. The van der Waals surface area contributed by atoms with E-state index in [-0.39, 0.29) is 6.73 Å². The van der Waals surface area contributed by atoms with Gasteiger partial charge in [0.05, 0.1) is 0 Å². The van der Waals surface area contributed by atoms with Crippen LogP contribution in [0, 0.1) is 0 Å². The molecule has 2 N–H and O–H groups in total. The lowest BCUT2D eigenvalue weighted by molar-refractivity contribution is 0.0700. The highest BCUT2D eigenvalue weighted by Gasteiger charge is 1.99. The molecule has 0 saturated carbocycles. The molecule has 0 unspecified atom stereocenters. The number of primary amides is 1. The van der Waals surface area contributed by atoms with E-state index in [1.54, 1.807) is 7.05 Å². The first kappa shape index (κ1) is 8.23. The lowest BCUT2D eigenvalue weighted by atomic mass is 10.8. The highest BCUT2D eigenvalue weighted by molar-refractivity contribution is 5.71. The average molecular weight is 132 g/mol. The van der Waals surface area contributed by atoms with Crippen LogP contribution in [0.2, 0.25) is 0 Å². The summed E-state index contributed by atoms with van der Waals surface area (Å²) in [6, 6.07) is -0.469. The number of hydrogen-bond acceptors (Lipinski definition) is 2. The zero-order valence-corrected chi connectivity index (χ0v) is 5.76. The Kier molecular flexibility index (Phi) is 3.79. The molecular weight excluding hydrogens is 120 g/mol. The molecule has 4 heteroatoms. The second-order valence-corrected chi connectivity index (χ2v) is 1.66. The van der Waals surface area contributed by atoms with E-state index in [0.29, 0.717) is 6.61 Å². The minimum Gasteiger partial charge on any atom is -0.361 e. The molecule has 0 aliphatic heterocycles. The first-order valence-electron chi connectivity index (χ1n) is 2.76. The van der Waals surface area contributed by atoms with Gasteiger partial charge in [0.15, 0.2) is 0 Å². The minimum absolute atomic E-state index is 0.270. The molecule has 0 spiro atoms. The number of amides is 2. The number of hydrogen-bond donors (Lipinski definition) is 1. The topological polar surface area (TPSA) is 55.6 Å². The van der Waals surface area contributed by atoms with Crippen molar-refractivity contribution in [1.82, 2.24) is 4.90 Å². The zero-order valence-electron chi connectivity index (χ0n) is 5.76. The quantitative estimate of drug-likeness (QED) is 0.549. The van der Waals surface area contributed by atoms with Crippen LogP contribution in [0.1, 0.15) is 6.92 Å². The Bertz CT molecular complexity index is 95.0. The van der Waals surface area contributed by atoms with E-state index >= 15 is 0 Å². The normalized spacial score (nSPS) is 9.11. The van der Waals surface area contributed by atoms with Gasteiger partial charge in [0.2, 0.25) is 0 Å². The Labute approximate surface area is 54.6 Å². The van der Waals surface area contributed by atoms with Crippen LogP contribution in [0.5, 0.6) is 0 Å². The summed E-state index contributed by atoms with van der Waals surface area (Å²) in [5, 5.41) is 0. The largest absolute Gasteiger partial charge is 0.361 e. The van der Waals surface area contributed by atoms with Gasteiger partial charge in [-0.2, -0.15) is 0 Å². The molecule has 0 aromatic rings. The van der Waals surface area contributed by atoms with Gasteiger partial charge in [-0.3, -0.25) is 0 Å². The molecule has 0 aliphatic rings. The van der Waals surface area contributed by atoms with Gasteiger partial charge in [-0.05, 0) is 6.92 Å². The van der Waals surface area contributed by atoms with E-state index in [0.717, 1.165) is 0 Å². The van der Waals surface area contributed by atoms with Gasteiger partial charge >= 0.3 is 6.03 Å². The van der Waals surface area contributed by atoms with Gasteiger partial charge in [0, 0.05) is 13.7 Å². The molecule has 0 heterocycles. The summed E-state index contributed by atoms with van der Waals surface area (Å²) in [7, 11) is 1.58. The molecule has 54 valence electrons. The maximum absolute atomic E-state index is 10.3. The summed E-state index contributed by atoms with van der Waals surface area (Å²) in [5.41, 5.74) is 4.88. The zero-order chi connectivity index (χ0) is 7.28. The molecule has 4 nitrogen and oxygen atoms in total. The minimum atomic E-state index is -0.469. The molecule has 0 saturated heterocycles. The number of nitrogens with zero attached hydrogens (tertiary/aromatic N) is 1. The molecular formula is C5H12N2O2. The van der Waals surface area contributed by atoms with Crippen molar-refractivity contribution in [2.75, 3.05) is 20.4 Å². The smallest absolute Gasteiger partial charge is 0.316 e. The number of urea groups is 1. The standard InChI is InChI=1S/C5H12N2O2/c1-3-9-4-7(2)5(6)8/h3-4H2,1-2H3,(H2,6,8). The van der Waals surface area contributed by atoms with Crippen LogP contribution in [0.25, 0.3) is 0 Å². The van der Waals surface area contributed by atoms with Gasteiger partial charge in [0.1, 0.15) is 6.73 Å². The highest BCUT2D eigenvalue weighted by Crippen LogP contribution is 1.81. The van der Waals surface area contributed by atoms with Crippen molar-refractivity contribution in [2.45, 2.75) is 6.92 Å². The van der Waals surface area contributed by atoms with Gasteiger partial charge in [-0.25, -0.2) is 4.79 Å².